The second-order valence-corrected chi connectivity index (χ2v) is 4.83. The third-order valence-corrected chi connectivity index (χ3v) is 3.24. The molecule has 2 nitrogen and oxygen atoms in total. The van der Waals surface area contributed by atoms with Crippen LogP contribution in [-0.2, 0) is 10.9 Å². The molecule has 0 atom stereocenters. The zero-order chi connectivity index (χ0) is 16.3. The van der Waals surface area contributed by atoms with Crippen LogP contribution in [-0.4, -0.2) is 12.6 Å². The van der Waals surface area contributed by atoms with Gasteiger partial charge in [0.25, 0.3) is 0 Å². The Morgan fingerprint density at radius 1 is 1.14 bits per heavy atom. The van der Waals surface area contributed by atoms with Gasteiger partial charge in [0.15, 0.2) is 0 Å². The summed E-state index contributed by atoms with van der Waals surface area (Å²) >= 11 is 0. The zero-order valence-electron chi connectivity index (χ0n) is 12.2. The summed E-state index contributed by atoms with van der Waals surface area (Å²) in [7, 11) is 0. The second kappa shape index (κ2) is 6.22. The number of benzene rings is 2. The molecular weight excluding hydrogens is 293 g/mol. The van der Waals surface area contributed by atoms with Gasteiger partial charge in [-0.25, -0.2) is 4.79 Å². The van der Waals surface area contributed by atoms with Crippen LogP contribution >= 0.6 is 0 Å². The molecule has 0 amide bonds. The van der Waals surface area contributed by atoms with E-state index in [-0.39, 0.29) is 6.61 Å². The molecule has 5 heteroatoms. The Balaban J connectivity index is 2.40. The monoisotopic (exact) mass is 308 g/mol. The highest BCUT2D eigenvalue weighted by atomic mass is 19.4. The summed E-state index contributed by atoms with van der Waals surface area (Å²) in [6, 6.07) is 9.93. The molecule has 0 aliphatic carbocycles. The van der Waals surface area contributed by atoms with Crippen LogP contribution in [0.2, 0.25) is 0 Å². The number of rotatable bonds is 3. The van der Waals surface area contributed by atoms with E-state index >= 15 is 0 Å². The largest absolute Gasteiger partial charge is 0.462 e. The summed E-state index contributed by atoms with van der Waals surface area (Å²) in [5.74, 6) is -0.443. The van der Waals surface area contributed by atoms with E-state index in [2.05, 4.69) is 0 Å². The molecule has 116 valence electrons. The molecule has 0 saturated heterocycles. The predicted molar refractivity (Wildman–Crippen MR) is 77.6 cm³/mol. The topological polar surface area (TPSA) is 26.3 Å². The van der Waals surface area contributed by atoms with Gasteiger partial charge in [-0.3, -0.25) is 0 Å². The molecule has 0 aromatic heterocycles. The molecule has 2 rings (SSSR count). The van der Waals surface area contributed by atoms with Crippen molar-refractivity contribution in [1.82, 2.24) is 0 Å². The second-order valence-electron chi connectivity index (χ2n) is 4.83. The van der Waals surface area contributed by atoms with Crippen molar-refractivity contribution in [2.75, 3.05) is 6.61 Å². The maximum atomic E-state index is 12.8. The van der Waals surface area contributed by atoms with Crippen LogP contribution in [0, 0.1) is 6.92 Å². The quantitative estimate of drug-likeness (QED) is 0.757. The molecule has 0 radical (unpaired) electrons. The Hall–Kier alpha value is -2.30. The van der Waals surface area contributed by atoms with Crippen LogP contribution in [0.3, 0.4) is 0 Å². The summed E-state index contributed by atoms with van der Waals surface area (Å²) in [5.41, 5.74) is 1.51. The number of hydrogen-bond acceptors (Lipinski definition) is 2. The SMILES string of the molecule is CCOC(=O)c1ccc(-c2cccc(C(F)(F)F)c2)c(C)c1. The van der Waals surface area contributed by atoms with Gasteiger partial charge in [0.05, 0.1) is 17.7 Å². The lowest BCUT2D eigenvalue weighted by atomic mass is 9.97. The highest BCUT2D eigenvalue weighted by Crippen LogP contribution is 2.33. The Kier molecular flexibility index (Phi) is 4.54. The lowest BCUT2D eigenvalue weighted by Gasteiger charge is -2.11. The van der Waals surface area contributed by atoms with Gasteiger partial charge in [-0.1, -0.05) is 18.2 Å². The first-order valence-electron chi connectivity index (χ1n) is 6.78. The molecule has 0 heterocycles. The maximum absolute atomic E-state index is 12.8. The number of carbonyl (C=O) groups excluding carboxylic acids is 1. The predicted octanol–water partition coefficient (Wildman–Crippen LogP) is 4.86. The summed E-state index contributed by atoms with van der Waals surface area (Å²) < 4.78 is 43.2. The molecule has 0 N–H and O–H groups in total. The van der Waals surface area contributed by atoms with Gasteiger partial charge in [0.1, 0.15) is 0 Å². The summed E-state index contributed by atoms with van der Waals surface area (Å²) in [6.45, 7) is 3.73. The fraction of sp³-hybridized carbons (Fsp3) is 0.235. The van der Waals surface area contributed by atoms with Crippen molar-refractivity contribution in [3.8, 4) is 11.1 Å². The highest BCUT2D eigenvalue weighted by Gasteiger charge is 2.30. The van der Waals surface area contributed by atoms with Crippen molar-refractivity contribution in [2.24, 2.45) is 0 Å². The van der Waals surface area contributed by atoms with Crippen LogP contribution < -0.4 is 0 Å². The van der Waals surface area contributed by atoms with Crippen LogP contribution in [0.4, 0.5) is 13.2 Å². The fourth-order valence-electron chi connectivity index (χ4n) is 2.19. The van der Waals surface area contributed by atoms with Gasteiger partial charge in [-0.05, 0) is 54.8 Å². The van der Waals surface area contributed by atoms with E-state index < -0.39 is 17.7 Å². The van der Waals surface area contributed by atoms with Crippen molar-refractivity contribution in [3.05, 3.63) is 59.2 Å². The Labute approximate surface area is 126 Å². The van der Waals surface area contributed by atoms with Gasteiger partial charge in [0, 0.05) is 0 Å². The number of halogens is 3. The summed E-state index contributed by atoms with van der Waals surface area (Å²) in [5, 5.41) is 0. The van der Waals surface area contributed by atoms with Crippen molar-refractivity contribution in [1.29, 1.82) is 0 Å². The van der Waals surface area contributed by atoms with Crippen LogP contribution in [0.5, 0.6) is 0 Å². The minimum absolute atomic E-state index is 0.271. The van der Waals surface area contributed by atoms with Crippen molar-refractivity contribution < 1.29 is 22.7 Å². The Bertz CT molecular complexity index is 691. The van der Waals surface area contributed by atoms with Crippen LogP contribution in [0.25, 0.3) is 11.1 Å². The minimum Gasteiger partial charge on any atom is -0.462 e. The van der Waals surface area contributed by atoms with Gasteiger partial charge in [0.2, 0.25) is 0 Å². The van der Waals surface area contributed by atoms with Gasteiger partial charge in [-0.2, -0.15) is 13.2 Å². The third-order valence-electron chi connectivity index (χ3n) is 3.24. The normalized spacial score (nSPS) is 11.3. The van der Waals surface area contributed by atoms with Crippen molar-refractivity contribution in [3.63, 3.8) is 0 Å². The smallest absolute Gasteiger partial charge is 0.416 e. The van der Waals surface area contributed by atoms with E-state index in [1.165, 1.54) is 6.07 Å². The van der Waals surface area contributed by atoms with Crippen LogP contribution in [0.15, 0.2) is 42.5 Å². The lowest BCUT2D eigenvalue weighted by molar-refractivity contribution is -0.137. The van der Waals surface area contributed by atoms with E-state index in [4.69, 9.17) is 4.74 Å². The maximum Gasteiger partial charge on any atom is 0.416 e. The number of carbonyl (C=O) groups is 1. The molecule has 0 unspecified atom stereocenters. The molecule has 0 bridgehead atoms. The van der Waals surface area contributed by atoms with Crippen molar-refractivity contribution >= 4 is 5.97 Å². The Morgan fingerprint density at radius 3 is 2.45 bits per heavy atom. The summed E-state index contributed by atoms with van der Waals surface area (Å²) in [6.07, 6.45) is -4.38. The van der Waals surface area contributed by atoms with E-state index in [9.17, 15) is 18.0 Å². The summed E-state index contributed by atoms with van der Waals surface area (Å²) in [4.78, 5) is 11.7. The van der Waals surface area contributed by atoms with Crippen LogP contribution in [0.1, 0.15) is 28.4 Å². The molecule has 0 saturated carbocycles. The van der Waals surface area contributed by atoms with E-state index in [0.29, 0.717) is 22.3 Å². The zero-order valence-corrected chi connectivity index (χ0v) is 12.2. The van der Waals surface area contributed by atoms with E-state index in [1.807, 2.05) is 0 Å². The van der Waals surface area contributed by atoms with E-state index in [0.717, 1.165) is 12.1 Å². The molecule has 0 fully saturated rings. The number of hydrogen-bond donors (Lipinski definition) is 0. The number of aryl methyl sites for hydroxylation is 1. The first kappa shape index (κ1) is 16.1. The fourth-order valence-corrected chi connectivity index (χ4v) is 2.19. The Morgan fingerprint density at radius 2 is 1.86 bits per heavy atom. The molecule has 0 aliphatic heterocycles. The molecule has 22 heavy (non-hydrogen) atoms. The lowest BCUT2D eigenvalue weighted by Crippen LogP contribution is -2.06. The number of ether oxygens (including phenoxy) is 1. The molecule has 2 aromatic rings. The number of esters is 1. The van der Waals surface area contributed by atoms with Gasteiger partial charge >= 0.3 is 12.1 Å². The van der Waals surface area contributed by atoms with Gasteiger partial charge in [-0.15, -0.1) is 0 Å². The van der Waals surface area contributed by atoms with Gasteiger partial charge < -0.3 is 4.74 Å². The molecule has 0 spiro atoms. The highest BCUT2D eigenvalue weighted by molar-refractivity contribution is 5.90. The molecular formula is C17H15F3O2. The van der Waals surface area contributed by atoms with Crippen molar-refractivity contribution in [2.45, 2.75) is 20.0 Å². The average Bonchev–Trinajstić information content (AvgIpc) is 2.46. The molecule has 0 aliphatic rings. The third kappa shape index (κ3) is 3.47. The standard InChI is InChI=1S/C17H15F3O2/c1-3-22-16(21)13-7-8-15(11(2)9-13)12-5-4-6-14(10-12)17(18,19)20/h4-10H,3H2,1-2H3. The number of alkyl halides is 3. The minimum atomic E-state index is -4.38. The first-order chi connectivity index (χ1) is 10.3. The average molecular weight is 308 g/mol. The van der Waals surface area contributed by atoms with E-state index in [1.54, 1.807) is 38.1 Å². The molecule has 2 aromatic carbocycles. The first-order valence-corrected chi connectivity index (χ1v) is 6.78.